The van der Waals surface area contributed by atoms with E-state index in [1.54, 1.807) is 36.4 Å². The first-order valence-corrected chi connectivity index (χ1v) is 8.18. The number of carbonyl (C=O) groups excluding carboxylic acids is 2. The molecule has 2 amide bonds. The van der Waals surface area contributed by atoms with Gasteiger partial charge >= 0.3 is 0 Å². The first-order valence-electron chi connectivity index (χ1n) is 8.18. The Kier molecular flexibility index (Phi) is 5.43. The summed E-state index contributed by atoms with van der Waals surface area (Å²) in [5.41, 5.74) is 1.73. The lowest BCUT2D eigenvalue weighted by Crippen LogP contribution is -2.27. The van der Waals surface area contributed by atoms with Gasteiger partial charge in [-0.05, 0) is 23.8 Å². The Morgan fingerprint density at radius 3 is 2.58 bits per heavy atom. The average molecular weight is 349 g/mol. The van der Waals surface area contributed by atoms with Crippen molar-refractivity contribution >= 4 is 11.8 Å². The number of furan rings is 1. The van der Waals surface area contributed by atoms with E-state index in [1.807, 2.05) is 30.3 Å². The molecule has 3 aromatic rings. The molecule has 0 radical (unpaired) electrons. The molecule has 0 spiro atoms. The SMILES string of the molecule is CN(Cc1ccccc1)C(=O)c1cncc(C(=O)NCc2ccco2)c1. The number of aromatic nitrogens is 1. The van der Waals surface area contributed by atoms with E-state index in [0.717, 1.165) is 5.56 Å². The average Bonchev–Trinajstić information content (AvgIpc) is 3.20. The lowest BCUT2D eigenvalue weighted by atomic mass is 10.1. The maximum absolute atomic E-state index is 12.6. The number of rotatable bonds is 6. The lowest BCUT2D eigenvalue weighted by Gasteiger charge is -2.17. The maximum atomic E-state index is 12.6. The van der Waals surface area contributed by atoms with E-state index in [1.165, 1.54) is 12.4 Å². The minimum Gasteiger partial charge on any atom is -0.467 e. The Labute approximate surface area is 151 Å². The molecule has 1 N–H and O–H groups in total. The predicted molar refractivity (Wildman–Crippen MR) is 96.4 cm³/mol. The van der Waals surface area contributed by atoms with E-state index in [4.69, 9.17) is 4.42 Å². The van der Waals surface area contributed by atoms with Crippen LogP contribution in [-0.4, -0.2) is 28.7 Å². The van der Waals surface area contributed by atoms with Gasteiger partial charge in [0.1, 0.15) is 5.76 Å². The lowest BCUT2D eigenvalue weighted by molar-refractivity contribution is 0.0784. The van der Waals surface area contributed by atoms with Crippen molar-refractivity contribution in [1.82, 2.24) is 15.2 Å². The van der Waals surface area contributed by atoms with Crippen molar-refractivity contribution in [1.29, 1.82) is 0 Å². The Bertz CT molecular complexity index is 876. The molecule has 0 fully saturated rings. The summed E-state index contributed by atoms with van der Waals surface area (Å²) in [6, 6.07) is 14.8. The Balaban J connectivity index is 1.65. The van der Waals surface area contributed by atoms with Crippen LogP contribution in [0.1, 0.15) is 32.0 Å². The molecular formula is C20H19N3O3. The van der Waals surface area contributed by atoms with Crippen molar-refractivity contribution in [3.8, 4) is 0 Å². The third-order valence-electron chi connectivity index (χ3n) is 3.86. The number of carbonyl (C=O) groups is 2. The normalized spacial score (nSPS) is 10.3. The van der Waals surface area contributed by atoms with E-state index in [2.05, 4.69) is 10.3 Å². The molecule has 132 valence electrons. The number of hydrogen-bond acceptors (Lipinski definition) is 4. The highest BCUT2D eigenvalue weighted by atomic mass is 16.3. The standard InChI is InChI=1S/C20H19N3O3/c1-23(14-15-6-3-2-4-7-15)20(25)17-10-16(11-21-12-17)19(24)22-13-18-8-5-9-26-18/h2-12H,13-14H2,1H3,(H,22,24). The first kappa shape index (κ1) is 17.4. The zero-order valence-electron chi connectivity index (χ0n) is 14.4. The summed E-state index contributed by atoms with van der Waals surface area (Å²) in [6.07, 6.45) is 4.45. The molecule has 0 saturated heterocycles. The molecule has 0 aliphatic rings. The summed E-state index contributed by atoms with van der Waals surface area (Å²) < 4.78 is 5.18. The second kappa shape index (κ2) is 8.11. The smallest absolute Gasteiger partial charge is 0.255 e. The molecule has 0 atom stereocenters. The van der Waals surface area contributed by atoms with E-state index >= 15 is 0 Å². The summed E-state index contributed by atoms with van der Waals surface area (Å²) >= 11 is 0. The highest BCUT2D eigenvalue weighted by Crippen LogP contribution is 2.10. The summed E-state index contributed by atoms with van der Waals surface area (Å²) in [7, 11) is 1.72. The van der Waals surface area contributed by atoms with Gasteiger partial charge in [-0.25, -0.2) is 0 Å². The Morgan fingerprint density at radius 2 is 1.85 bits per heavy atom. The molecule has 0 saturated carbocycles. The number of nitrogens with one attached hydrogen (secondary N) is 1. The number of nitrogens with zero attached hydrogens (tertiary/aromatic N) is 2. The van der Waals surface area contributed by atoms with Crippen molar-refractivity contribution < 1.29 is 14.0 Å². The fraction of sp³-hybridized carbons (Fsp3) is 0.150. The van der Waals surface area contributed by atoms with Gasteiger partial charge in [0, 0.05) is 26.0 Å². The van der Waals surface area contributed by atoms with E-state index in [-0.39, 0.29) is 18.4 Å². The summed E-state index contributed by atoms with van der Waals surface area (Å²) in [5, 5.41) is 2.74. The van der Waals surface area contributed by atoms with Gasteiger partial charge in [-0.1, -0.05) is 30.3 Å². The quantitative estimate of drug-likeness (QED) is 0.742. The first-order chi connectivity index (χ1) is 12.6. The fourth-order valence-corrected chi connectivity index (χ4v) is 2.51. The van der Waals surface area contributed by atoms with Crippen molar-refractivity contribution in [2.75, 3.05) is 7.05 Å². The monoisotopic (exact) mass is 349 g/mol. The predicted octanol–water partition coefficient (Wildman–Crippen LogP) is 2.88. The molecular weight excluding hydrogens is 330 g/mol. The van der Waals surface area contributed by atoms with Gasteiger partial charge < -0.3 is 14.6 Å². The molecule has 6 heteroatoms. The molecule has 6 nitrogen and oxygen atoms in total. The van der Waals surface area contributed by atoms with Gasteiger partial charge in [0.05, 0.1) is 23.9 Å². The molecule has 2 heterocycles. The van der Waals surface area contributed by atoms with Gasteiger partial charge in [0.2, 0.25) is 0 Å². The third-order valence-corrected chi connectivity index (χ3v) is 3.86. The van der Waals surface area contributed by atoms with Crippen LogP contribution in [-0.2, 0) is 13.1 Å². The topological polar surface area (TPSA) is 75.4 Å². The van der Waals surface area contributed by atoms with E-state index in [9.17, 15) is 9.59 Å². The van der Waals surface area contributed by atoms with Gasteiger partial charge in [-0.2, -0.15) is 0 Å². The van der Waals surface area contributed by atoms with Gasteiger partial charge in [-0.3, -0.25) is 14.6 Å². The summed E-state index contributed by atoms with van der Waals surface area (Å²) in [5.74, 6) is 0.150. The van der Waals surface area contributed by atoms with Crippen LogP contribution in [0, 0.1) is 0 Å². The second-order valence-electron chi connectivity index (χ2n) is 5.87. The molecule has 0 aliphatic heterocycles. The molecule has 3 rings (SSSR count). The molecule has 26 heavy (non-hydrogen) atoms. The second-order valence-corrected chi connectivity index (χ2v) is 5.87. The number of amides is 2. The molecule has 0 unspecified atom stereocenters. The summed E-state index contributed by atoms with van der Waals surface area (Å²) in [4.78, 5) is 30.5. The fourth-order valence-electron chi connectivity index (χ4n) is 2.51. The van der Waals surface area contributed by atoms with Crippen LogP contribution in [0.5, 0.6) is 0 Å². The van der Waals surface area contributed by atoms with Crippen molar-refractivity contribution in [3.05, 3.63) is 89.6 Å². The van der Waals surface area contributed by atoms with Crippen LogP contribution in [0.4, 0.5) is 0 Å². The molecule has 0 bridgehead atoms. The van der Waals surface area contributed by atoms with Gasteiger partial charge in [0.15, 0.2) is 0 Å². The van der Waals surface area contributed by atoms with E-state index in [0.29, 0.717) is 23.4 Å². The van der Waals surface area contributed by atoms with Crippen LogP contribution in [0.15, 0.2) is 71.6 Å². The van der Waals surface area contributed by atoms with Crippen LogP contribution >= 0.6 is 0 Å². The number of hydrogen-bond donors (Lipinski definition) is 1. The van der Waals surface area contributed by atoms with Crippen molar-refractivity contribution in [2.45, 2.75) is 13.1 Å². The summed E-state index contributed by atoms with van der Waals surface area (Å²) in [6.45, 7) is 0.756. The van der Waals surface area contributed by atoms with Crippen LogP contribution in [0.25, 0.3) is 0 Å². The maximum Gasteiger partial charge on any atom is 0.255 e. The van der Waals surface area contributed by atoms with Crippen LogP contribution in [0.2, 0.25) is 0 Å². The minimum absolute atomic E-state index is 0.193. The zero-order valence-corrected chi connectivity index (χ0v) is 14.4. The third kappa shape index (κ3) is 4.36. The van der Waals surface area contributed by atoms with E-state index < -0.39 is 0 Å². The molecule has 1 aromatic carbocycles. The highest BCUT2D eigenvalue weighted by molar-refractivity contribution is 5.99. The number of pyridine rings is 1. The molecule has 2 aromatic heterocycles. The number of benzene rings is 1. The van der Waals surface area contributed by atoms with Crippen LogP contribution in [0.3, 0.4) is 0 Å². The van der Waals surface area contributed by atoms with Gasteiger partial charge in [0.25, 0.3) is 11.8 Å². The van der Waals surface area contributed by atoms with Crippen molar-refractivity contribution in [3.63, 3.8) is 0 Å². The Hall–Kier alpha value is -3.41. The van der Waals surface area contributed by atoms with Gasteiger partial charge in [-0.15, -0.1) is 0 Å². The minimum atomic E-state index is -0.311. The highest BCUT2D eigenvalue weighted by Gasteiger charge is 2.15. The zero-order chi connectivity index (χ0) is 18.4. The van der Waals surface area contributed by atoms with Crippen molar-refractivity contribution in [2.24, 2.45) is 0 Å². The van der Waals surface area contributed by atoms with Crippen LogP contribution < -0.4 is 5.32 Å². The largest absolute Gasteiger partial charge is 0.467 e. The Morgan fingerprint density at radius 1 is 1.08 bits per heavy atom. The molecule has 0 aliphatic carbocycles.